The summed E-state index contributed by atoms with van der Waals surface area (Å²) in [4.78, 5) is 0. The second-order valence-electron chi connectivity index (χ2n) is 14.0. The third kappa shape index (κ3) is 25.9. The molecule has 0 aromatic carbocycles. The Morgan fingerprint density at radius 1 is 0.366 bits per heavy atom. The highest BCUT2D eigenvalue weighted by Gasteiger charge is 2.51. The number of hydrogen-bond donors (Lipinski definition) is 0. The average Bonchev–Trinajstić information content (AvgIpc) is 2.84. The van der Waals surface area contributed by atoms with E-state index in [9.17, 15) is 0 Å². The van der Waals surface area contributed by atoms with E-state index in [4.69, 9.17) is 17.7 Å². The van der Waals surface area contributed by atoms with Crippen LogP contribution in [0.25, 0.3) is 0 Å². The third-order valence-corrected chi connectivity index (χ3v) is 15.7. The van der Waals surface area contributed by atoms with Gasteiger partial charge in [-0.15, -0.1) is 0 Å². The van der Waals surface area contributed by atoms with Crippen LogP contribution in [0.15, 0.2) is 0 Å². The Hall–Kier alpha value is 0.924. The van der Waals surface area contributed by atoms with Crippen LogP contribution in [0.2, 0.25) is 76.6 Å². The fourth-order valence-corrected chi connectivity index (χ4v) is 11.6. The van der Waals surface area contributed by atoms with Crippen molar-refractivity contribution >= 4 is 44.2 Å². The summed E-state index contributed by atoms with van der Waals surface area (Å²) >= 11 is 0. The molecule has 0 aliphatic rings. The Bertz CT molecular complexity index is 493. The van der Waals surface area contributed by atoms with Crippen molar-refractivity contribution in [2.24, 2.45) is 0 Å². The number of unbranched alkanes of at least 4 members (excludes halogenated alkanes) is 4. The molecule has 0 rings (SSSR count). The normalized spacial score (nSPS) is 17.0. The molecule has 0 amide bonds. The van der Waals surface area contributed by atoms with Crippen LogP contribution in [0.1, 0.15) is 105 Å². The van der Waals surface area contributed by atoms with Gasteiger partial charge in [-0.3, -0.25) is 0 Å². The van der Waals surface area contributed by atoms with E-state index in [0.717, 1.165) is 25.7 Å². The maximum absolute atomic E-state index is 6.89. The molecule has 244 valence electrons. The molecule has 41 heavy (non-hydrogen) atoms. The molecule has 0 heterocycles. The standard InChI is InChI=1S/C32H72O4Si5/c1-29(21-13-17-25-37(5)6)33-41(34-30(2)22-14-18-26-38(7)8,35-31(3)23-15-19-27-39(9)10)36-32(4)24-16-20-28-40(11)12/h29-32H,13-28H2,1-12H3. The van der Waals surface area contributed by atoms with Gasteiger partial charge in [0.1, 0.15) is 0 Å². The average molecular weight is 661 g/mol. The first-order valence-electron chi connectivity index (χ1n) is 17.1. The van der Waals surface area contributed by atoms with Crippen molar-refractivity contribution in [3.8, 4) is 0 Å². The second-order valence-corrected chi connectivity index (χ2v) is 27.6. The molecule has 0 saturated heterocycles. The lowest BCUT2D eigenvalue weighted by Gasteiger charge is -2.36. The van der Waals surface area contributed by atoms with Gasteiger partial charge in [0.05, 0.1) is 0 Å². The summed E-state index contributed by atoms with van der Waals surface area (Å²) in [6.45, 7) is 28.2. The number of hydrogen-bond acceptors (Lipinski definition) is 4. The van der Waals surface area contributed by atoms with Crippen molar-refractivity contribution in [2.45, 2.75) is 206 Å². The van der Waals surface area contributed by atoms with Crippen LogP contribution in [0.4, 0.5) is 0 Å². The Labute approximate surface area is 266 Å². The third-order valence-electron chi connectivity index (χ3n) is 7.53. The van der Waals surface area contributed by atoms with Gasteiger partial charge in [-0.25, -0.2) is 0 Å². The maximum atomic E-state index is 6.89. The summed E-state index contributed by atoms with van der Waals surface area (Å²) in [5.74, 6) is 0. The van der Waals surface area contributed by atoms with Crippen LogP contribution in [0.5, 0.6) is 0 Å². The molecule has 0 aliphatic carbocycles. The van der Waals surface area contributed by atoms with Gasteiger partial charge in [0.25, 0.3) is 0 Å². The van der Waals surface area contributed by atoms with E-state index in [2.05, 4.69) is 80.1 Å². The van der Waals surface area contributed by atoms with E-state index in [1.807, 2.05) is 0 Å². The highest BCUT2D eigenvalue weighted by atomic mass is 28.4. The lowest BCUT2D eigenvalue weighted by molar-refractivity contribution is -0.100. The summed E-state index contributed by atoms with van der Waals surface area (Å²) in [5, 5.41) is 0. The SMILES string of the molecule is CC(CCCC[Si](C)C)O[Si](OC(C)CCCC[Si](C)C)(OC(C)CCCC[Si](C)C)OC(C)CCCC[Si](C)C. The van der Waals surface area contributed by atoms with Gasteiger partial charge in [0, 0.05) is 59.6 Å². The minimum Gasteiger partial charge on any atom is -0.348 e. The molecule has 0 bridgehead atoms. The Morgan fingerprint density at radius 3 is 0.732 bits per heavy atom. The zero-order chi connectivity index (χ0) is 31.3. The van der Waals surface area contributed by atoms with Gasteiger partial charge in [-0.2, -0.15) is 0 Å². The van der Waals surface area contributed by atoms with Gasteiger partial charge in [-0.05, 0) is 53.4 Å². The van der Waals surface area contributed by atoms with E-state index in [1.54, 1.807) is 0 Å². The van der Waals surface area contributed by atoms with Gasteiger partial charge in [-0.1, -0.05) is 128 Å². The highest BCUT2D eigenvalue weighted by Crippen LogP contribution is 2.27. The second kappa shape index (κ2) is 25.2. The molecular weight excluding hydrogens is 589 g/mol. The predicted molar refractivity (Wildman–Crippen MR) is 193 cm³/mol. The van der Waals surface area contributed by atoms with Crippen LogP contribution in [0.3, 0.4) is 0 Å². The molecule has 0 aromatic heterocycles. The van der Waals surface area contributed by atoms with E-state index in [-0.39, 0.29) is 59.6 Å². The first kappa shape index (κ1) is 41.9. The molecule has 0 N–H and O–H groups in total. The quantitative estimate of drug-likeness (QED) is 0.0618. The molecule has 0 spiro atoms. The lowest BCUT2D eigenvalue weighted by atomic mass is 10.2. The molecule has 0 fully saturated rings. The molecular formula is C32H72O4Si5. The smallest absolute Gasteiger partial charge is 0.348 e. The molecule has 4 unspecified atom stereocenters. The Balaban J connectivity index is 5.64. The lowest BCUT2D eigenvalue weighted by Crippen LogP contribution is -2.56. The first-order valence-corrected chi connectivity index (χ1v) is 29.6. The summed E-state index contributed by atoms with van der Waals surface area (Å²) in [5.41, 5.74) is 0. The van der Waals surface area contributed by atoms with Gasteiger partial charge in [0.2, 0.25) is 0 Å². The zero-order valence-corrected chi connectivity index (χ0v) is 34.8. The van der Waals surface area contributed by atoms with Crippen molar-refractivity contribution in [2.75, 3.05) is 0 Å². The van der Waals surface area contributed by atoms with E-state index < -0.39 is 9.05 Å². The summed E-state index contributed by atoms with van der Waals surface area (Å²) < 4.78 is 27.5. The van der Waals surface area contributed by atoms with Crippen LogP contribution in [0, 0.1) is 0 Å². The van der Waals surface area contributed by atoms with Gasteiger partial charge >= 0.3 is 9.05 Å². The van der Waals surface area contributed by atoms with Crippen LogP contribution in [-0.4, -0.2) is 68.7 Å². The van der Waals surface area contributed by atoms with E-state index in [1.165, 1.54) is 75.5 Å². The van der Waals surface area contributed by atoms with Crippen LogP contribution < -0.4 is 0 Å². The predicted octanol–water partition coefficient (Wildman–Crippen LogP) is 10.7. The van der Waals surface area contributed by atoms with E-state index >= 15 is 0 Å². The monoisotopic (exact) mass is 660 g/mol. The largest absolute Gasteiger partial charge is 0.680 e. The van der Waals surface area contributed by atoms with Crippen LogP contribution >= 0.6 is 0 Å². The highest BCUT2D eigenvalue weighted by molar-refractivity contribution is 6.56. The van der Waals surface area contributed by atoms with Crippen molar-refractivity contribution < 1.29 is 17.7 Å². The van der Waals surface area contributed by atoms with E-state index in [0.29, 0.717) is 0 Å². The Morgan fingerprint density at radius 2 is 0.561 bits per heavy atom. The van der Waals surface area contributed by atoms with Gasteiger partial charge in [0.15, 0.2) is 0 Å². The molecule has 4 atom stereocenters. The minimum absolute atomic E-state index is 0.0821. The fourth-order valence-electron chi connectivity index (χ4n) is 5.03. The molecule has 0 aliphatic heterocycles. The zero-order valence-electron chi connectivity index (χ0n) is 29.8. The summed E-state index contributed by atoms with van der Waals surface area (Å²) in [6, 6.07) is 5.52. The Kier molecular flexibility index (Phi) is 25.7. The summed E-state index contributed by atoms with van der Waals surface area (Å²) in [7, 11) is -4.01. The molecule has 0 saturated carbocycles. The van der Waals surface area contributed by atoms with Crippen molar-refractivity contribution in [1.29, 1.82) is 0 Å². The van der Waals surface area contributed by atoms with Crippen molar-refractivity contribution in [1.82, 2.24) is 0 Å². The molecule has 9 heteroatoms. The maximum Gasteiger partial charge on any atom is 0.680 e. The topological polar surface area (TPSA) is 36.9 Å². The fraction of sp³-hybridized carbons (Fsp3) is 1.00. The van der Waals surface area contributed by atoms with Crippen molar-refractivity contribution in [3.05, 3.63) is 0 Å². The minimum atomic E-state index is -3.35. The molecule has 0 aromatic rings. The van der Waals surface area contributed by atoms with Gasteiger partial charge < -0.3 is 17.7 Å². The van der Waals surface area contributed by atoms with Crippen molar-refractivity contribution in [3.63, 3.8) is 0 Å². The summed E-state index contributed by atoms with van der Waals surface area (Å²) in [6.07, 6.45) is 14.5. The first-order chi connectivity index (χ1) is 19.2. The molecule has 4 nitrogen and oxygen atoms in total. The molecule has 4 radical (unpaired) electrons. The van der Waals surface area contributed by atoms with Crippen LogP contribution in [-0.2, 0) is 17.7 Å². The number of rotatable bonds is 28.